The zero-order valence-electron chi connectivity index (χ0n) is 12.8. The van der Waals surface area contributed by atoms with E-state index in [1.807, 2.05) is 11.3 Å². The van der Waals surface area contributed by atoms with Crippen molar-refractivity contribution in [1.29, 1.82) is 0 Å². The minimum Gasteiger partial charge on any atom is -0.378 e. The number of rotatable bonds is 5. The largest absolute Gasteiger partial charge is 0.378 e. The van der Waals surface area contributed by atoms with E-state index in [-0.39, 0.29) is 0 Å². The Kier molecular flexibility index (Phi) is 4.28. The lowest BCUT2D eigenvalue weighted by Gasteiger charge is -2.21. The first-order valence-electron chi connectivity index (χ1n) is 8.72. The van der Waals surface area contributed by atoms with E-state index < -0.39 is 0 Å². The summed E-state index contributed by atoms with van der Waals surface area (Å²) in [6, 6.07) is 0.809. The Balaban J connectivity index is 1.42. The van der Waals surface area contributed by atoms with Crippen LogP contribution in [0.3, 0.4) is 0 Å². The predicted octanol–water partition coefficient (Wildman–Crippen LogP) is 3.43. The highest BCUT2D eigenvalue weighted by molar-refractivity contribution is 7.11. The molecule has 4 rings (SSSR count). The van der Waals surface area contributed by atoms with Crippen LogP contribution in [-0.2, 0) is 17.6 Å². The molecule has 2 atom stereocenters. The summed E-state index contributed by atoms with van der Waals surface area (Å²) in [5, 5.41) is 5.02. The average Bonchev–Trinajstić information content (AvgIpc) is 3.25. The number of aromatic nitrogens is 1. The first-order valence-corrected chi connectivity index (χ1v) is 9.53. The predicted molar refractivity (Wildman–Crippen MR) is 86.1 cm³/mol. The van der Waals surface area contributed by atoms with E-state index in [0.717, 1.165) is 25.6 Å². The minimum atomic E-state index is 0.425. The summed E-state index contributed by atoms with van der Waals surface area (Å²) in [4.78, 5) is 6.59. The standard InChI is InChI=1S/C17H26N2OS/c1-2-9-20-14(5-1)10-16-19-17-12(11-18-13-7-8-13)4-3-6-15(17)21-16/h12-14,18H,1-11H2. The number of fused-ring (bicyclic) bond motifs is 1. The number of thiazole rings is 1. The highest BCUT2D eigenvalue weighted by Gasteiger charge is 2.28. The summed E-state index contributed by atoms with van der Waals surface area (Å²) in [6.07, 6.45) is 11.9. The summed E-state index contributed by atoms with van der Waals surface area (Å²) in [5.74, 6) is 0.659. The second-order valence-electron chi connectivity index (χ2n) is 6.88. The van der Waals surface area contributed by atoms with Crippen molar-refractivity contribution < 1.29 is 4.74 Å². The third-order valence-corrected chi connectivity index (χ3v) is 6.17. The maximum absolute atomic E-state index is 5.88. The van der Waals surface area contributed by atoms with Crippen molar-refractivity contribution in [1.82, 2.24) is 10.3 Å². The molecule has 1 aromatic rings. The zero-order chi connectivity index (χ0) is 14.1. The monoisotopic (exact) mass is 306 g/mol. The molecule has 1 N–H and O–H groups in total. The lowest BCUT2D eigenvalue weighted by Crippen LogP contribution is -2.26. The van der Waals surface area contributed by atoms with Gasteiger partial charge < -0.3 is 10.1 Å². The third kappa shape index (κ3) is 3.49. The molecule has 2 heterocycles. The Morgan fingerprint density at radius 3 is 2.90 bits per heavy atom. The van der Waals surface area contributed by atoms with Gasteiger partial charge in [-0.25, -0.2) is 4.98 Å². The van der Waals surface area contributed by atoms with Gasteiger partial charge in [0.15, 0.2) is 0 Å². The second kappa shape index (κ2) is 6.35. The molecular formula is C17H26N2OS. The van der Waals surface area contributed by atoms with Crippen LogP contribution in [-0.4, -0.2) is 30.3 Å². The van der Waals surface area contributed by atoms with Gasteiger partial charge in [-0.1, -0.05) is 0 Å². The quantitative estimate of drug-likeness (QED) is 0.905. The molecule has 116 valence electrons. The number of hydrogen-bond acceptors (Lipinski definition) is 4. The van der Waals surface area contributed by atoms with E-state index in [1.54, 1.807) is 4.88 Å². The molecular weight excluding hydrogens is 280 g/mol. The van der Waals surface area contributed by atoms with Gasteiger partial charge in [0, 0.05) is 36.4 Å². The fourth-order valence-electron chi connectivity index (χ4n) is 3.60. The maximum Gasteiger partial charge on any atom is 0.0957 e. The van der Waals surface area contributed by atoms with Gasteiger partial charge in [-0.3, -0.25) is 0 Å². The number of hydrogen-bond donors (Lipinski definition) is 1. The highest BCUT2D eigenvalue weighted by Crippen LogP contribution is 2.36. The van der Waals surface area contributed by atoms with Gasteiger partial charge in [0.25, 0.3) is 0 Å². The summed E-state index contributed by atoms with van der Waals surface area (Å²) in [5.41, 5.74) is 1.42. The van der Waals surface area contributed by atoms with Crippen molar-refractivity contribution in [3.05, 3.63) is 15.6 Å². The zero-order valence-corrected chi connectivity index (χ0v) is 13.6. The molecule has 2 fully saturated rings. The van der Waals surface area contributed by atoms with E-state index in [0.29, 0.717) is 12.0 Å². The molecule has 2 aliphatic carbocycles. The molecule has 0 spiro atoms. The number of aryl methyl sites for hydroxylation is 1. The van der Waals surface area contributed by atoms with Gasteiger partial charge in [-0.15, -0.1) is 11.3 Å². The first kappa shape index (κ1) is 14.2. The van der Waals surface area contributed by atoms with Gasteiger partial charge in [0.1, 0.15) is 0 Å². The van der Waals surface area contributed by atoms with E-state index in [4.69, 9.17) is 9.72 Å². The highest BCUT2D eigenvalue weighted by atomic mass is 32.1. The normalized spacial score (nSPS) is 29.3. The van der Waals surface area contributed by atoms with Crippen LogP contribution in [0.4, 0.5) is 0 Å². The third-order valence-electron chi connectivity index (χ3n) is 5.02. The lowest BCUT2D eigenvalue weighted by molar-refractivity contribution is 0.0167. The molecule has 0 amide bonds. The first-order chi connectivity index (χ1) is 10.4. The molecule has 1 saturated heterocycles. The Labute approximate surface area is 131 Å². The molecule has 3 nitrogen and oxygen atoms in total. The number of nitrogens with one attached hydrogen (secondary N) is 1. The molecule has 4 heteroatoms. The summed E-state index contributed by atoms with van der Waals surface area (Å²) >= 11 is 1.96. The number of ether oxygens (including phenoxy) is 1. The van der Waals surface area contributed by atoms with Crippen LogP contribution in [0.2, 0.25) is 0 Å². The molecule has 1 saturated carbocycles. The van der Waals surface area contributed by atoms with Crippen molar-refractivity contribution in [2.75, 3.05) is 13.2 Å². The molecule has 0 aromatic carbocycles. The average molecular weight is 306 g/mol. The summed E-state index contributed by atoms with van der Waals surface area (Å²) in [7, 11) is 0. The SMILES string of the molecule is C1CCC(Cc2nc3c(s2)CCCC3CNC2CC2)OC1. The van der Waals surface area contributed by atoms with E-state index in [2.05, 4.69) is 5.32 Å². The van der Waals surface area contributed by atoms with Gasteiger partial charge >= 0.3 is 0 Å². The van der Waals surface area contributed by atoms with Crippen LogP contribution in [0.5, 0.6) is 0 Å². The molecule has 2 unspecified atom stereocenters. The van der Waals surface area contributed by atoms with Crippen LogP contribution in [0.15, 0.2) is 0 Å². The maximum atomic E-state index is 5.88. The van der Waals surface area contributed by atoms with Crippen molar-refractivity contribution in [2.45, 2.75) is 75.9 Å². The van der Waals surface area contributed by atoms with Gasteiger partial charge in [-0.2, -0.15) is 0 Å². The van der Waals surface area contributed by atoms with Gasteiger partial charge in [-0.05, 0) is 51.4 Å². The Morgan fingerprint density at radius 1 is 1.14 bits per heavy atom. The Bertz CT molecular complexity index is 477. The second-order valence-corrected chi connectivity index (χ2v) is 8.05. The molecule has 0 radical (unpaired) electrons. The van der Waals surface area contributed by atoms with Crippen molar-refractivity contribution in [3.8, 4) is 0 Å². The molecule has 3 aliphatic rings. The topological polar surface area (TPSA) is 34.2 Å². The van der Waals surface area contributed by atoms with Crippen LogP contribution < -0.4 is 5.32 Å². The minimum absolute atomic E-state index is 0.425. The molecule has 0 bridgehead atoms. The van der Waals surface area contributed by atoms with Crippen LogP contribution in [0.1, 0.15) is 66.4 Å². The smallest absolute Gasteiger partial charge is 0.0957 e. The van der Waals surface area contributed by atoms with Crippen molar-refractivity contribution in [2.24, 2.45) is 0 Å². The fraction of sp³-hybridized carbons (Fsp3) is 0.824. The molecule has 21 heavy (non-hydrogen) atoms. The van der Waals surface area contributed by atoms with Gasteiger partial charge in [0.05, 0.1) is 16.8 Å². The Morgan fingerprint density at radius 2 is 2.10 bits per heavy atom. The molecule has 1 aliphatic heterocycles. The van der Waals surface area contributed by atoms with Crippen molar-refractivity contribution in [3.63, 3.8) is 0 Å². The molecule has 1 aromatic heterocycles. The Hall–Kier alpha value is -0.450. The van der Waals surface area contributed by atoms with Crippen molar-refractivity contribution >= 4 is 11.3 Å². The number of nitrogens with zero attached hydrogens (tertiary/aromatic N) is 1. The fourth-order valence-corrected chi connectivity index (χ4v) is 4.86. The summed E-state index contributed by atoms with van der Waals surface area (Å²) < 4.78 is 5.88. The van der Waals surface area contributed by atoms with Crippen LogP contribution in [0, 0.1) is 0 Å². The lowest BCUT2D eigenvalue weighted by atomic mass is 9.91. The van der Waals surface area contributed by atoms with Crippen LogP contribution in [0.25, 0.3) is 0 Å². The van der Waals surface area contributed by atoms with Gasteiger partial charge in [0.2, 0.25) is 0 Å². The van der Waals surface area contributed by atoms with E-state index in [9.17, 15) is 0 Å². The van der Waals surface area contributed by atoms with Crippen LogP contribution >= 0.6 is 11.3 Å². The van der Waals surface area contributed by atoms with E-state index in [1.165, 1.54) is 62.1 Å². The van der Waals surface area contributed by atoms with E-state index >= 15 is 0 Å². The summed E-state index contributed by atoms with van der Waals surface area (Å²) in [6.45, 7) is 2.09.